The van der Waals surface area contributed by atoms with Crippen LogP contribution in [0.5, 0.6) is 0 Å². The third-order valence-electron chi connectivity index (χ3n) is 2.55. The van der Waals surface area contributed by atoms with Crippen LogP contribution >= 0.6 is 11.5 Å². The highest BCUT2D eigenvalue weighted by Gasteiger charge is 2.37. The van der Waals surface area contributed by atoms with E-state index in [2.05, 4.69) is 28.8 Å². The van der Waals surface area contributed by atoms with Crippen LogP contribution in [0.4, 0.5) is 5.00 Å². The Balaban J connectivity index is 1.87. The highest BCUT2D eigenvalue weighted by Crippen LogP contribution is 2.41. The molecule has 3 nitrogen and oxygen atoms in total. The number of hydrogen-bond acceptors (Lipinski definition) is 4. The third kappa shape index (κ3) is 1.58. The average molecular weight is 183 g/mol. The fraction of sp³-hybridized carbons (Fsp3) is 0.750. The van der Waals surface area contributed by atoms with Crippen LogP contribution in [0.1, 0.15) is 20.3 Å². The molecule has 0 aromatic carbocycles. The van der Waals surface area contributed by atoms with Crippen molar-refractivity contribution in [3.63, 3.8) is 0 Å². The van der Waals surface area contributed by atoms with Gasteiger partial charge in [-0.2, -0.15) is 0 Å². The Morgan fingerprint density at radius 3 is 3.00 bits per heavy atom. The fourth-order valence-corrected chi connectivity index (χ4v) is 2.12. The minimum atomic E-state index is 0.572. The maximum absolute atomic E-state index is 3.80. The highest BCUT2D eigenvalue weighted by molar-refractivity contribution is 7.09. The molecule has 3 unspecified atom stereocenters. The number of hydrogen-bond donors (Lipinski definition) is 1. The maximum atomic E-state index is 3.80. The van der Waals surface area contributed by atoms with Gasteiger partial charge in [-0.25, -0.2) is 0 Å². The van der Waals surface area contributed by atoms with Crippen LogP contribution in [0, 0.1) is 11.8 Å². The van der Waals surface area contributed by atoms with Gasteiger partial charge in [0.05, 0.1) is 6.20 Å². The van der Waals surface area contributed by atoms with Gasteiger partial charge in [0.1, 0.15) is 5.00 Å². The lowest BCUT2D eigenvalue weighted by atomic mass is 10.2. The van der Waals surface area contributed by atoms with Crippen LogP contribution in [0.2, 0.25) is 0 Å². The van der Waals surface area contributed by atoms with Gasteiger partial charge in [0.15, 0.2) is 0 Å². The molecule has 1 aliphatic carbocycles. The summed E-state index contributed by atoms with van der Waals surface area (Å²) in [6.45, 7) is 4.53. The standard InChI is InChI=1S/C8H13N3S/c1-5-3-7(5)6(2)10-8-4-9-11-12-8/h4-7,10H,3H2,1-2H3. The molecule has 1 aromatic rings. The van der Waals surface area contributed by atoms with Crippen LogP contribution in [-0.4, -0.2) is 15.6 Å². The second-order valence-electron chi connectivity index (χ2n) is 3.59. The molecule has 1 N–H and O–H groups in total. The van der Waals surface area contributed by atoms with E-state index in [1.807, 2.05) is 0 Å². The lowest BCUT2D eigenvalue weighted by molar-refractivity contribution is 0.646. The molecule has 66 valence electrons. The van der Waals surface area contributed by atoms with Gasteiger partial charge in [-0.3, -0.25) is 0 Å². The van der Waals surface area contributed by atoms with Crippen molar-refractivity contribution >= 4 is 16.5 Å². The van der Waals surface area contributed by atoms with E-state index in [9.17, 15) is 0 Å². The van der Waals surface area contributed by atoms with Crippen LogP contribution in [0.3, 0.4) is 0 Å². The summed E-state index contributed by atoms with van der Waals surface area (Å²) in [5.74, 6) is 1.75. The van der Waals surface area contributed by atoms with Gasteiger partial charge in [-0.1, -0.05) is 11.4 Å². The van der Waals surface area contributed by atoms with E-state index in [0.29, 0.717) is 6.04 Å². The summed E-state index contributed by atoms with van der Waals surface area (Å²) in [5.41, 5.74) is 0. The van der Waals surface area contributed by atoms with E-state index in [1.165, 1.54) is 18.0 Å². The Kier molecular flexibility index (Phi) is 2.00. The number of nitrogens with one attached hydrogen (secondary N) is 1. The zero-order valence-corrected chi connectivity index (χ0v) is 8.14. The molecule has 12 heavy (non-hydrogen) atoms. The van der Waals surface area contributed by atoms with Crippen molar-refractivity contribution < 1.29 is 0 Å². The molecule has 0 radical (unpaired) electrons. The Morgan fingerprint density at radius 2 is 2.50 bits per heavy atom. The Hall–Kier alpha value is -0.640. The zero-order chi connectivity index (χ0) is 8.55. The minimum Gasteiger partial charge on any atom is -0.372 e. The summed E-state index contributed by atoms with van der Waals surface area (Å²) >= 11 is 1.43. The van der Waals surface area contributed by atoms with Crippen LogP contribution in [0.25, 0.3) is 0 Å². The fourth-order valence-electron chi connectivity index (χ4n) is 1.61. The smallest absolute Gasteiger partial charge is 0.130 e. The van der Waals surface area contributed by atoms with Crippen LogP contribution in [-0.2, 0) is 0 Å². The van der Waals surface area contributed by atoms with Crippen molar-refractivity contribution in [3.8, 4) is 0 Å². The Bertz CT molecular complexity index is 247. The molecular formula is C8H13N3S. The highest BCUT2D eigenvalue weighted by atomic mass is 32.1. The molecule has 0 spiro atoms. The largest absolute Gasteiger partial charge is 0.372 e. The second kappa shape index (κ2) is 3.01. The first-order chi connectivity index (χ1) is 5.77. The van der Waals surface area contributed by atoms with E-state index < -0.39 is 0 Å². The van der Waals surface area contributed by atoms with Crippen molar-refractivity contribution in [1.82, 2.24) is 9.59 Å². The molecule has 1 aliphatic rings. The van der Waals surface area contributed by atoms with Crippen molar-refractivity contribution in [2.24, 2.45) is 11.8 Å². The molecule has 0 bridgehead atoms. The van der Waals surface area contributed by atoms with Gasteiger partial charge < -0.3 is 5.32 Å². The van der Waals surface area contributed by atoms with Gasteiger partial charge in [-0.15, -0.1) is 5.10 Å². The molecule has 1 heterocycles. The molecular weight excluding hydrogens is 170 g/mol. The number of nitrogens with zero attached hydrogens (tertiary/aromatic N) is 2. The average Bonchev–Trinajstić information content (AvgIpc) is 2.58. The van der Waals surface area contributed by atoms with E-state index in [1.54, 1.807) is 6.20 Å². The van der Waals surface area contributed by atoms with E-state index in [4.69, 9.17) is 0 Å². The van der Waals surface area contributed by atoms with E-state index >= 15 is 0 Å². The molecule has 0 saturated heterocycles. The first-order valence-corrected chi connectivity index (χ1v) is 5.08. The molecule has 1 fully saturated rings. The molecule has 3 atom stereocenters. The normalized spacial score (nSPS) is 29.8. The summed E-state index contributed by atoms with van der Waals surface area (Å²) in [5, 5.41) is 8.27. The summed E-state index contributed by atoms with van der Waals surface area (Å²) in [6, 6.07) is 0.572. The Morgan fingerprint density at radius 1 is 1.75 bits per heavy atom. The summed E-state index contributed by atoms with van der Waals surface area (Å²) < 4.78 is 3.80. The number of aromatic nitrogens is 2. The van der Waals surface area contributed by atoms with E-state index in [-0.39, 0.29) is 0 Å². The number of anilines is 1. The maximum Gasteiger partial charge on any atom is 0.130 e. The number of rotatable bonds is 3. The topological polar surface area (TPSA) is 37.8 Å². The van der Waals surface area contributed by atoms with Crippen LogP contribution in [0.15, 0.2) is 6.20 Å². The lowest BCUT2D eigenvalue weighted by Crippen LogP contribution is -2.17. The monoisotopic (exact) mass is 183 g/mol. The van der Waals surface area contributed by atoms with Crippen molar-refractivity contribution in [2.45, 2.75) is 26.3 Å². The quantitative estimate of drug-likeness (QED) is 0.778. The van der Waals surface area contributed by atoms with Crippen LogP contribution < -0.4 is 5.32 Å². The first-order valence-electron chi connectivity index (χ1n) is 4.31. The minimum absolute atomic E-state index is 0.572. The van der Waals surface area contributed by atoms with Gasteiger partial charge in [0.2, 0.25) is 0 Å². The van der Waals surface area contributed by atoms with Gasteiger partial charge >= 0.3 is 0 Å². The van der Waals surface area contributed by atoms with Crippen molar-refractivity contribution in [3.05, 3.63) is 6.20 Å². The third-order valence-corrected chi connectivity index (χ3v) is 3.14. The molecule has 4 heteroatoms. The summed E-state index contributed by atoms with van der Waals surface area (Å²) in [6.07, 6.45) is 3.15. The van der Waals surface area contributed by atoms with E-state index in [0.717, 1.165) is 16.8 Å². The molecule has 2 rings (SSSR count). The SMILES string of the molecule is CC1CC1C(C)Nc1cnns1. The molecule has 1 aromatic heterocycles. The molecule has 0 amide bonds. The lowest BCUT2D eigenvalue weighted by Gasteiger charge is -2.11. The van der Waals surface area contributed by atoms with Crippen molar-refractivity contribution in [1.29, 1.82) is 0 Å². The first kappa shape index (κ1) is 7.98. The summed E-state index contributed by atoms with van der Waals surface area (Å²) in [4.78, 5) is 0. The summed E-state index contributed by atoms with van der Waals surface area (Å²) in [7, 11) is 0. The van der Waals surface area contributed by atoms with Gasteiger partial charge in [0, 0.05) is 17.6 Å². The zero-order valence-electron chi connectivity index (χ0n) is 7.32. The van der Waals surface area contributed by atoms with Gasteiger partial charge in [-0.05, 0) is 25.2 Å². The Labute approximate surface area is 76.4 Å². The predicted octanol–water partition coefficient (Wildman–Crippen LogP) is 1.99. The molecule has 1 saturated carbocycles. The second-order valence-corrected chi connectivity index (χ2v) is 4.38. The predicted molar refractivity (Wildman–Crippen MR) is 50.3 cm³/mol. The molecule has 0 aliphatic heterocycles. The van der Waals surface area contributed by atoms with Crippen molar-refractivity contribution in [2.75, 3.05) is 5.32 Å². The van der Waals surface area contributed by atoms with Gasteiger partial charge in [0.25, 0.3) is 0 Å².